The lowest BCUT2D eigenvalue weighted by Gasteiger charge is -2.08. The first-order valence-electron chi connectivity index (χ1n) is 9.10. The lowest BCUT2D eigenvalue weighted by Crippen LogP contribution is -2.16. The summed E-state index contributed by atoms with van der Waals surface area (Å²) in [6.07, 6.45) is 3.57. The third kappa shape index (κ3) is 3.54. The number of imidazole rings is 1. The summed E-state index contributed by atoms with van der Waals surface area (Å²) in [5.41, 5.74) is 2.04. The number of aryl methyl sites for hydroxylation is 2. The fourth-order valence-electron chi connectivity index (χ4n) is 3.04. The van der Waals surface area contributed by atoms with Crippen LogP contribution in [0.3, 0.4) is 0 Å². The minimum absolute atomic E-state index is 0.0419. The van der Waals surface area contributed by atoms with Gasteiger partial charge in [0.25, 0.3) is 0 Å². The van der Waals surface area contributed by atoms with Crippen LogP contribution >= 0.6 is 11.3 Å². The number of thiazole rings is 1. The van der Waals surface area contributed by atoms with Crippen molar-refractivity contribution >= 4 is 39.8 Å². The largest absolute Gasteiger partial charge is 0.462 e. The van der Waals surface area contributed by atoms with Crippen LogP contribution in [0, 0.1) is 13.8 Å². The number of nitrogens with zero attached hydrogens (tertiary/aromatic N) is 2. The van der Waals surface area contributed by atoms with Gasteiger partial charge < -0.3 is 14.8 Å². The Balaban J connectivity index is 1.73. The van der Waals surface area contributed by atoms with Gasteiger partial charge in [0.2, 0.25) is 11.7 Å². The summed E-state index contributed by atoms with van der Waals surface area (Å²) in [6.45, 7) is 5.70. The molecule has 1 aliphatic rings. The molecule has 0 fully saturated rings. The maximum absolute atomic E-state index is 13.0. The molecule has 0 spiro atoms. The number of hydrogen-bond acceptors (Lipinski definition) is 7. The third-order valence-electron chi connectivity index (χ3n) is 4.33. The Morgan fingerprint density at radius 2 is 2.07 bits per heavy atom. The van der Waals surface area contributed by atoms with Gasteiger partial charge in [0.05, 0.1) is 18.0 Å². The number of esters is 1. The van der Waals surface area contributed by atoms with Crippen LogP contribution in [0.1, 0.15) is 23.2 Å². The van der Waals surface area contributed by atoms with Crippen LogP contribution in [0.5, 0.6) is 0 Å². The molecule has 0 atom stereocenters. The zero-order valence-electron chi connectivity index (χ0n) is 16.2. The first-order valence-corrected chi connectivity index (χ1v) is 9.92. The van der Waals surface area contributed by atoms with E-state index >= 15 is 0 Å². The molecule has 0 aliphatic carbocycles. The molecule has 7 nitrogen and oxygen atoms in total. The summed E-state index contributed by atoms with van der Waals surface area (Å²) >= 11 is 1.56. The second-order valence-electron chi connectivity index (χ2n) is 6.43. The van der Waals surface area contributed by atoms with Crippen molar-refractivity contribution in [2.24, 2.45) is 0 Å². The minimum Gasteiger partial charge on any atom is -0.462 e. The van der Waals surface area contributed by atoms with Crippen LogP contribution in [-0.2, 0) is 19.1 Å². The highest BCUT2D eigenvalue weighted by atomic mass is 32.1. The van der Waals surface area contributed by atoms with Crippen molar-refractivity contribution in [3.05, 3.63) is 70.0 Å². The molecule has 4 rings (SSSR count). The number of nitrogens with one attached hydrogen (secondary N) is 1. The van der Waals surface area contributed by atoms with Gasteiger partial charge in [-0.15, -0.1) is 11.3 Å². The van der Waals surface area contributed by atoms with E-state index in [1.165, 1.54) is 0 Å². The number of para-hydroxylation sites is 1. The predicted molar refractivity (Wildman–Crippen MR) is 110 cm³/mol. The van der Waals surface area contributed by atoms with Gasteiger partial charge in [-0.25, -0.2) is 9.78 Å². The number of ketones is 1. The van der Waals surface area contributed by atoms with Crippen LogP contribution in [0.2, 0.25) is 0 Å². The summed E-state index contributed by atoms with van der Waals surface area (Å²) in [7, 11) is 0. The Labute approximate surface area is 171 Å². The van der Waals surface area contributed by atoms with Gasteiger partial charge in [0.1, 0.15) is 0 Å². The fourth-order valence-corrected chi connectivity index (χ4v) is 3.92. The van der Waals surface area contributed by atoms with Crippen LogP contribution < -0.4 is 5.32 Å². The Bertz CT molecular complexity index is 1170. The summed E-state index contributed by atoms with van der Waals surface area (Å²) < 4.78 is 12.8. The van der Waals surface area contributed by atoms with E-state index in [1.54, 1.807) is 24.3 Å². The third-order valence-corrected chi connectivity index (χ3v) is 5.23. The molecule has 0 bridgehead atoms. The zero-order valence-corrected chi connectivity index (χ0v) is 17.0. The molecule has 29 heavy (non-hydrogen) atoms. The van der Waals surface area contributed by atoms with Crippen LogP contribution in [-0.4, -0.2) is 27.7 Å². The van der Waals surface area contributed by atoms with Crippen molar-refractivity contribution in [3.63, 3.8) is 0 Å². The number of aromatic nitrogens is 2. The summed E-state index contributed by atoms with van der Waals surface area (Å²) in [6, 6.07) is 9.17. The van der Waals surface area contributed by atoms with Gasteiger partial charge in [-0.05, 0) is 32.9 Å². The number of carbonyl (C=O) groups is 2. The van der Waals surface area contributed by atoms with Crippen LogP contribution in [0.25, 0.3) is 11.0 Å². The number of rotatable bonds is 5. The minimum atomic E-state index is -0.721. The second kappa shape index (κ2) is 7.56. The number of allylic oxidation sites excluding steroid dienone is 1. The molecular weight excluding hydrogens is 390 g/mol. The maximum Gasteiger partial charge on any atom is 0.347 e. The molecule has 3 aromatic rings. The van der Waals surface area contributed by atoms with Gasteiger partial charge in [0, 0.05) is 22.8 Å². The van der Waals surface area contributed by atoms with Crippen molar-refractivity contribution in [2.45, 2.75) is 20.8 Å². The smallest absolute Gasteiger partial charge is 0.347 e. The molecule has 2 aromatic heterocycles. The molecular formula is C21H19N3O4S. The molecule has 0 saturated carbocycles. The molecule has 3 heterocycles. The van der Waals surface area contributed by atoms with Crippen molar-refractivity contribution in [2.75, 3.05) is 11.9 Å². The molecule has 0 unspecified atom stereocenters. The highest BCUT2D eigenvalue weighted by molar-refractivity contribution is 7.17. The molecule has 0 amide bonds. The van der Waals surface area contributed by atoms with Gasteiger partial charge in [-0.1, -0.05) is 18.2 Å². The number of Topliss-reactive ketones (excluding diaryl/α,β-unsaturated/α-hetero) is 1. The van der Waals surface area contributed by atoms with E-state index in [4.69, 9.17) is 9.47 Å². The highest BCUT2D eigenvalue weighted by Gasteiger charge is 2.37. The monoisotopic (exact) mass is 409 g/mol. The summed E-state index contributed by atoms with van der Waals surface area (Å²) in [5.74, 6) is -1.14. The van der Waals surface area contributed by atoms with Crippen molar-refractivity contribution in [3.8, 4) is 0 Å². The van der Waals surface area contributed by atoms with Crippen molar-refractivity contribution in [1.29, 1.82) is 0 Å². The Morgan fingerprint density at radius 3 is 2.79 bits per heavy atom. The fraction of sp³-hybridized carbons (Fsp3) is 0.190. The number of carbonyl (C=O) groups excluding carboxylic acids is 2. The van der Waals surface area contributed by atoms with E-state index < -0.39 is 11.8 Å². The summed E-state index contributed by atoms with van der Waals surface area (Å²) in [5, 5.41) is 3.00. The zero-order chi connectivity index (χ0) is 20.5. The lowest BCUT2D eigenvalue weighted by molar-refractivity contribution is -0.139. The average molecular weight is 409 g/mol. The molecule has 0 saturated heterocycles. The Hall–Kier alpha value is -3.39. The van der Waals surface area contributed by atoms with Gasteiger partial charge in [-0.2, -0.15) is 0 Å². The van der Waals surface area contributed by atoms with Gasteiger partial charge >= 0.3 is 5.97 Å². The first kappa shape index (κ1) is 18.9. The topological polar surface area (TPSA) is 81.9 Å². The number of hydrogen-bond donors (Lipinski definition) is 1. The van der Waals surface area contributed by atoms with E-state index in [-0.39, 0.29) is 23.8 Å². The average Bonchev–Trinajstić information content (AvgIpc) is 3.28. The molecule has 1 aliphatic heterocycles. The summed E-state index contributed by atoms with van der Waals surface area (Å²) in [4.78, 5) is 31.9. The standard InChI is InChI=1S/C21H19N3O4S/c1-4-27-20(26)17-18(25)16(28-19(17)23-14-8-6-5-7-9-14)10-15-13(3)22-21-24(15)11-12(2)29-21/h5-11,23H,4H2,1-3H3/b16-10+. The van der Waals surface area contributed by atoms with E-state index in [0.29, 0.717) is 5.69 Å². The van der Waals surface area contributed by atoms with Crippen LogP contribution in [0.15, 0.2) is 53.7 Å². The Morgan fingerprint density at radius 1 is 1.31 bits per heavy atom. The van der Waals surface area contributed by atoms with Gasteiger partial charge in [-0.3, -0.25) is 9.20 Å². The van der Waals surface area contributed by atoms with E-state index in [1.807, 2.05) is 54.8 Å². The van der Waals surface area contributed by atoms with E-state index in [9.17, 15) is 9.59 Å². The molecule has 8 heteroatoms. The maximum atomic E-state index is 13.0. The van der Waals surface area contributed by atoms with Crippen molar-refractivity contribution < 1.29 is 19.1 Å². The second-order valence-corrected chi connectivity index (χ2v) is 7.65. The SMILES string of the molecule is CCOC(=O)C1=C(Nc2ccccc2)O/C(=C/c2c(C)nc3sc(C)cn23)C1=O. The number of fused-ring (bicyclic) bond motifs is 1. The van der Waals surface area contributed by atoms with Gasteiger partial charge in [0.15, 0.2) is 16.3 Å². The van der Waals surface area contributed by atoms with Crippen LogP contribution in [0.4, 0.5) is 5.69 Å². The highest BCUT2D eigenvalue weighted by Crippen LogP contribution is 2.30. The Kier molecular flexibility index (Phi) is 4.94. The van der Waals surface area contributed by atoms with Crippen molar-refractivity contribution in [1.82, 2.24) is 9.38 Å². The first-order chi connectivity index (χ1) is 14.0. The molecule has 148 valence electrons. The van der Waals surface area contributed by atoms with E-state index in [0.717, 1.165) is 21.2 Å². The number of benzene rings is 1. The van der Waals surface area contributed by atoms with E-state index in [2.05, 4.69) is 10.3 Å². The molecule has 1 N–H and O–H groups in total. The molecule has 0 radical (unpaired) electrons. The number of anilines is 1. The normalized spacial score (nSPS) is 15.3. The quantitative estimate of drug-likeness (QED) is 0.392. The predicted octanol–water partition coefficient (Wildman–Crippen LogP) is 3.84. The lowest BCUT2D eigenvalue weighted by atomic mass is 10.1. The number of ether oxygens (including phenoxy) is 2. The molecule has 1 aromatic carbocycles.